The third-order valence-corrected chi connectivity index (χ3v) is 3.62. The number of phenolic OH excluding ortho intramolecular Hbond substituents is 2. The highest BCUT2D eigenvalue weighted by Crippen LogP contribution is 2.46. The van der Waals surface area contributed by atoms with Crippen LogP contribution < -0.4 is 0 Å². The summed E-state index contributed by atoms with van der Waals surface area (Å²) in [6.45, 7) is 0. The Kier molecular flexibility index (Phi) is 2.87. The summed E-state index contributed by atoms with van der Waals surface area (Å²) in [6, 6.07) is 4.11. The van der Waals surface area contributed by atoms with E-state index >= 15 is 0 Å². The van der Waals surface area contributed by atoms with Crippen LogP contribution in [0.1, 0.15) is 36.8 Å². The van der Waals surface area contributed by atoms with Gasteiger partial charge in [0.1, 0.15) is 17.6 Å². The lowest BCUT2D eigenvalue weighted by Crippen LogP contribution is -2.32. The summed E-state index contributed by atoms with van der Waals surface area (Å²) in [6.07, 6.45) is 2.42. The molecular weight excluding hydrogens is 234 g/mol. The predicted molar refractivity (Wildman–Crippen MR) is 62.3 cm³/mol. The van der Waals surface area contributed by atoms with Crippen molar-refractivity contribution >= 4 is 5.97 Å². The summed E-state index contributed by atoms with van der Waals surface area (Å²) in [4.78, 5) is 11.5. The van der Waals surface area contributed by atoms with Crippen LogP contribution in [0.5, 0.6) is 11.5 Å². The van der Waals surface area contributed by atoms with Crippen LogP contribution >= 0.6 is 0 Å². The zero-order chi connectivity index (χ0) is 13.3. The maximum atomic E-state index is 11.5. The third-order valence-electron chi connectivity index (χ3n) is 3.62. The van der Waals surface area contributed by atoms with Gasteiger partial charge >= 0.3 is 5.97 Å². The zero-order valence-corrected chi connectivity index (χ0v) is 9.68. The fourth-order valence-electron chi connectivity index (χ4n) is 2.63. The van der Waals surface area contributed by atoms with Gasteiger partial charge in [-0.15, -0.1) is 0 Å². The molecule has 94 valence electrons. The first-order valence-corrected chi connectivity index (χ1v) is 5.71. The minimum atomic E-state index is -1.14. The molecule has 0 radical (unpaired) electrons. The van der Waals surface area contributed by atoms with Gasteiger partial charge in [-0.25, -0.2) is 0 Å². The summed E-state index contributed by atoms with van der Waals surface area (Å²) in [5.41, 5.74) is -0.930. The van der Waals surface area contributed by atoms with E-state index in [9.17, 15) is 20.1 Å². The van der Waals surface area contributed by atoms with E-state index in [4.69, 9.17) is 5.26 Å². The molecule has 5 nitrogen and oxygen atoms in total. The van der Waals surface area contributed by atoms with Crippen LogP contribution in [-0.2, 0) is 10.2 Å². The number of phenols is 2. The molecule has 1 aromatic rings. The molecule has 0 heterocycles. The molecule has 0 saturated heterocycles. The summed E-state index contributed by atoms with van der Waals surface area (Å²) in [7, 11) is 0. The highest BCUT2D eigenvalue weighted by atomic mass is 16.4. The SMILES string of the molecule is N#Cc1cc(C2(C(=O)O)CCCC2)c(O)cc1O. The van der Waals surface area contributed by atoms with Gasteiger partial charge < -0.3 is 15.3 Å². The number of hydrogen-bond donors (Lipinski definition) is 3. The van der Waals surface area contributed by atoms with Gasteiger partial charge in [0.15, 0.2) is 0 Å². The highest BCUT2D eigenvalue weighted by Gasteiger charge is 2.45. The van der Waals surface area contributed by atoms with E-state index in [2.05, 4.69) is 0 Å². The minimum Gasteiger partial charge on any atom is -0.507 e. The third kappa shape index (κ3) is 1.66. The average Bonchev–Trinajstić information content (AvgIpc) is 2.79. The Labute approximate surface area is 104 Å². The molecule has 1 fully saturated rings. The molecule has 0 aliphatic heterocycles. The smallest absolute Gasteiger partial charge is 0.314 e. The highest BCUT2D eigenvalue weighted by molar-refractivity contribution is 5.83. The number of nitrogens with zero attached hydrogens (tertiary/aromatic N) is 1. The van der Waals surface area contributed by atoms with Crippen LogP contribution in [0.3, 0.4) is 0 Å². The average molecular weight is 247 g/mol. The van der Waals surface area contributed by atoms with Crippen LogP contribution in [0, 0.1) is 11.3 Å². The Hall–Kier alpha value is -2.22. The fraction of sp³-hybridized carbons (Fsp3) is 0.385. The van der Waals surface area contributed by atoms with Gasteiger partial charge in [0, 0.05) is 11.6 Å². The van der Waals surface area contributed by atoms with E-state index in [0.29, 0.717) is 12.8 Å². The molecule has 1 aromatic carbocycles. The van der Waals surface area contributed by atoms with Gasteiger partial charge in [-0.2, -0.15) is 5.26 Å². The zero-order valence-electron chi connectivity index (χ0n) is 9.68. The molecule has 2 rings (SSSR count). The van der Waals surface area contributed by atoms with Crippen molar-refractivity contribution in [1.29, 1.82) is 5.26 Å². The number of rotatable bonds is 2. The first-order chi connectivity index (χ1) is 8.51. The normalized spacial score (nSPS) is 17.3. The second-order valence-corrected chi connectivity index (χ2v) is 4.59. The predicted octanol–water partition coefficient (Wildman–Crippen LogP) is 1.87. The van der Waals surface area contributed by atoms with E-state index in [1.165, 1.54) is 6.07 Å². The number of hydrogen-bond acceptors (Lipinski definition) is 4. The van der Waals surface area contributed by atoms with Crippen molar-refractivity contribution in [2.24, 2.45) is 0 Å². The molecule has 0 spiro atoms. The van der Waals surface area contributed by atoms with E-state index in [1.54, 1.807) is 6.07 Å². The number of aliphatic carboxylic acids is 1. The molecule has 0 atom stereocenters. The van der Waals surface area contributed by atoms with E-state index in [0.717, 1.165) is 18.9 Å². The van der Waals surface area contributed by atoms with Crippen molar-refractivity contribution in [1.82, 2.24) is 0 Å². The van der Waals surface area contributed by atoms with Crippen LogP contribution in [0.15, 0.2) is 12.1 Å². The second kappa shape index (κ2) is 4.22. The number of aromatic hydroxyl groups is 2. The Morgan fingerprint density at radius 3 is 2.33 bits per heavy atom. The van der Waals surface area contributed by atoms with Crippen LogP contribution in [0.2, 0.25) is 0 Å². The van der Waals surface area contributed by atoms with Crippen LogP contribution in [0.4, 0.5) is 0 Å². The van der Waals surface area contributed by atoms with Crippen molar-refractivity contribution in [3.63, 3.8) is 0 Å². The first-order valence-electron chi connectivity index (χ1n) is 5.71. The molecule has 0 bridgehead atoms. The Balaban J connectivity index is 2.63. The molecule has 1 aliphatic carbocycles. The van der Waals surface area contributed by atoms with Gasteiger partial charge in [0.25, 0.3) is 0 Å². The molecular formula is C13H13NO4. The molecule has 0 aromatic heterocycles. The number of benzene rings is 1. The Morgan fingerprint density at radius 2 is 1.83 bits per heavy atom. The van der Waals surface area contributed by atoms with Crippen molar-refractivity contribution in [3.8, 4) is 17.6 Å². The minimum absolute atomic E-state index is 0.0182. The van der Waals surface area contributed by atoms with E-state index in [-0.39, 0.29) is 22.6 Å². The molecule has 0 unspecified atom stereocenters. The number of carboxylic acid groups (broad SMARTS) is 1. The number of carbonyl (C=O) groups is 1. The molecule has 0 amide bonds. The Bertz CT molecular complexity index is 539. The summed E-state index contributed by atoms with van der Waals surface area (Å²) >= 11 is 0. The summed E-state index contributed by atoms with van der Waals surface area (Å²) in [5.74, 6) is -1.60. The maximum absolute atomic E-state index is 11.5. The van der Waals surface area contributed by atoms with Gasteiger partial charge in [-0.3, -0.25) is 4.79 Å². The Morgan fingerprint density at radius 1 is 1.22 bits per heavy atom. The van der Waals surface area contributed by atoms with E-state index in [1.807, 2.05) is 0 Å². The van der Waals surface area contributed by atoms with Gasteiger partial charge in [0.05, 0.1) is 11.0 Å². The number of carboxylic acids is 1. The quantitative estimate of drug-likeness (QED) is 0.740. The summed E-state index contributed by atoms with van der Waals surface area (Å²) in [5, 5.41) is 37.6. The lowest BCUT2D eigenvalue weighted by atomic mass is 9.78. The van der Waals surface area contributed by atoms with Gasteiger partial charge in [0.2, 0.25) is 0 Å². The molecule has 5 heteroatoms. The second-order valence-electron chi connectivity index (χ2n) is 4.59. The molecule has 1 aliphatic rings. The summed E-state index contributed by atoms with van der Waals surface area (Å²) < 4.78 is 0. The topological polar surface area (TPSA) is 102 Å². The molecule has 1 saturated carbocycles. The van der Waals surface area contributed by atoms with Crippen molar-refractivity contribution in [3.05, 3.63) is 23.3 Å². The lowest BCUT2D eigenvalue weighted by Gasteiger charge is -2.25. The fourth-order valence-corrected chi connectivity index (χ4v) is 2.63. The first kappa shape index (κ1) is 12.2. The standard InChI is InChI=1S/C13H13NO4/c14-7-8-5-9(11(16)6-10(8)15)13(12(17)18)3-1-2-4-13/h5-6,15-16H,1-4H2,(H,17,18). The number of nitriles is 1. The van der Waals surface area contributed by atoms with Crippen molar-refractivity contribution in [2.75, 3.05) is 0 Å². The van der Waals surface area contributed by atoms with Crippen LogP contribution in [-0.4, -0.2) is 21.3 Å². The lowest BCUT2D eigenvalue weighted by molar-refractivity contribution is -0.143. The monoisotopic (exact) mass is 247 g/mol. The largest absolute Gasteiger partial charge is 0.507 e. The van der Waals surface area contributed by atoms with Crippen LogP contribution in [0.25, 0.3) is 0 Å². The van der Waals surface area contributed by atoms with Gasteiger partial charge in [-0.05, 0) is 18.9 Å². The van der Waals surface area contributed by atoms with E-state index < -0.39 is 11.4 Å². The maximum Gasteiger partial charge on any atom is 0.314 e. The van der Waals surface area contributed by atoms with Crippen molar-refractivity contribution < 1.29 is 20.1 Å². The van der Waals surface area contributed by atoms with Gasteiger partial charge in [-0.1, -0.05) is 12.8 Å². The molecule has 18 heavy (non-hydrogen) atoms. The molecule has 3 N–H and O–H groups in total. The van der Waals surface area contributed by atoms with Crippen molar-refractivity contribution in [2.45, 2.75) is 31.1 Å².